The smallest absolute Gasteiger partial charge is 0.329 e. The van der Waals surface area contributed by atoms with Crippen molar-refractivity contribution >= 4 is 46.0 Å². The van der Waals surface area contributed by atoms with Crippen LogP contribution in [0.1, 0.15) is 12.5 Å². The number of ether oxygens (including phenoxy) is 1. The molecule has 170 valence electrons. The zero-order chi connectivity index (χ0) is 23.6. The maximum atomic E-state index is 13.6. The van der Waals surface area contributed by atoms with E-state index in [1.807, 2.05) is 53.5 Å². The summed E-state index contributed by atoms with van der Waals surface area (Å²) in [6, 6.07) is 15.7. The fourth-order valence-corrected chi connectivity index (χ4v) is 5.67. The summed E-state index contributed by atoms with van der Waals surface area (Å²) in [5, 5.41) is 2.09. The average molecular weight is 456 g/mol. The second-order valence-electron chi connectivity index (χ2n) is 8.71. The fraction of sp³-hybridized carbons (Fsp3) is 0.222. The maximum absolute atomic E-state index is 13.6. The van der Waals surface area contributed by atoms with E-state index in [4.69, 9.17) is 4.74 Å². The second kappa shape index (κ2) is 7.52. The Bertz CT molecular complexity index is 1380. The first-order valence-electron chi connectivity index (χ1n) is 11.3. The highest BCUT2D eigenvalue weighted by atomic mass is 19.1. The maximum Gasteiger partial charge on any atom is 0.329 e. The number of nitrogens with zero attached hydrogens (tertiary/aromatic N) is 2. The van der Waals surface area contributed by atoms with Gasteiger partial charge in [0.1, 0.15) is 11.9 Å². The van der Waals surface area contributed by atoms with Gasteiger partial charge < -0.3 is 9.64 Å². The number of carbonyl (C=O) groups excluding carboxylic acids is 3. The Kier molecular flexibility index (Phi) is 4.55. The van der Waals surface area contributed by atoms with E-state index in [-0.39, 0.29) is 6.61 Å². The van der Waals surface area contributed by atoms with Crippen molar-refractivity contribution in [3.63, 3.8) is 0 Å². The summed E-state index contributed by atoms with van der Waals surface area (Å²) in [5.41, 5.74) is 2.04. The molecule has 34 heavy (non-hydrogen) atoms. The Balaban J connectivity index is 1.49. The molecule has 0 bridgehead atoms. The van der Waals surface area contributed by atoms with E-state index < -0.39 is 47.5 Å². The molecule has 0 saturated carbocycles. The van der Waals surface area contributed by atoms with Crippen LogP contribution in [0.2, 0.25) is 0 Å². The predicted molar refractivity (Wildman–Crippen MR) is 126 cm³/mol. The highest BCUT2D eigenvalue weighted by molar-refractivity contribution is 6.24. The molecule has 2 saturated heterocycles. The van der Waals surface area contributed by atoms with Gasteiger partial charge in [-0.3, -0.25) is 9.59 Å². The number of halogens is 1. The number of fused-ring (bicyclic) bond motifs is 7. The Morgan fingerprint density at radius 1 is 0.971 bits per heavy atom. The van der Waals surface area contributed by atoms with Crippen molar-refractivity contribution in [2.24, 2.45) is 11.8 Å². The van der Waals surface area contributed by atoms with E-state index in [1.165, 1.54) is 24.3 Å². The van der Waals surface area contributed by atoms with Crippen LogP contribution in [0.4, 0.5) is 15.8 Å². The average Bonchev–Trinajstić information content (AvgIpc) is 3.32. The van der Waals surface area contributed by atoms with Crippen molar-refractivity contribution in [2.75, 3.05) is 16.4 Å². The van der Waals surface area contributed by atoms with Gasteiger partial charge in [-0.1, -0.05) is 42.5 Å². The quantitative estimate of drug-likeness (QED) is 0.441. The third-order valence-corrected chi connectivity index (χ3v) is 7.03. The Hall–Kier alpha value is -4.00. The van der Waals surface area contributed by atoms with Gasteiger partial charge in [-0.25, -0.2) is 14.1 Å². The molecular formula is C27H21FN2O4. The zero-order valence-corrected chi connectivity index (χ0v) is 18.4. The minimum absolute atomic E-state index is 0.162. The van der Waals surface area contributed by atoms with E-state index in [9.17, 15) is 18.8 Å². The van der Waals surface area contributed by atoms with Crippen LogP contribution in [0.15, 0.2) is 66.7 Å². The summed E-state index contributed by atoms with van der Waals surface area (Å²) in [6.07, 6.45) is 3.88. The van der Waals surface area contributed by atoms with Crippen molar-refractivity contribution in [3.05, 3.63) is 78.1 Å². The fourth-order valence-electron chi connectivity index (χ4n) is 5.67. The lowest BCUT2D eigenvalue weighted by molar-refractivity contribution is -0.147. The SMILES string of the molecule is CCOC(=O)C1C2C(=O)N(c3ccc(F)cc3)C(=O)C2C2C=Cc3c(ccc4ccccc34)N21. The summed E-state index contributed by atoms with van der Waals surface area (Å²) in [5.74, 6) is -3.50. The zero-order valence-electron chi connectivity index (χ0n) is 18.4. The normalized spacial score (nSPS) is 24.9. The molecule has 0 N–H and O–H groups in total. The van der Waals surface area contributed by atoms with Crippen molar-refractivity contribution in [1.29, 1.82) is 0 Å². The summed E-state index contributed by atoms with van der Waals surface area (Å²) in [4.78, 5) is 43.4. The number of hydrogen-bond donors (Lipinski definition) is 0. The standard InChI is InChI=1S/C27H21FN2O4/c1-2-34-27(33)24-23-22(25(31)29(26(23)32)17-10-8-16(28)9-11-17)21-14-12-19-18-6-4-3-5-15(18)7-13-20(19)30(21)24/h3-14,21-24H,2H2,1H3. The minimum Gasteiger partial charge on any atom is -0.464 e. The molecule has 6 nitrogen and oxygen atoms in total. The first-order chi connectivity index (χ1) is 16.5. The second-order valence-corrected chi connectivity index (χ2v) is 8.71. The lowest BCUT2D eigenvalue weighted by Crippen LogP contribution is -2.49. The number of hydrogen-bond acceptors (Lipinski definition) is 5. The van der Waals surface area contributed by atoms with Gasteiger partial charge in [-0.05, 0) is 48.0 Å². The molecule has 3 heterocycles. The number of rotatable bonds is 3. The largest absolute Gasteiger partial charge is 0.464 e. The number of benzene rings is 3. The van der Waals surface area contributed by atoms with Crippen LogP contribution in [0.5, 0.6) is 0 Å². The van der Waals surface area contributed by atoms with E-state index in [0.29, 0.717) is 5.69 Å². The van der Waals surface area contributed by atoms with Crippen molar-refractivity contribution < 1.29 is 23.5 Å². The van der Waals surface area contributed by atoms with Gasteiger partial charge in [0, 0.05) is 11.3 Å². The minimum atomic E-state index is -0.943. The van der Waals surface area contributed by atoms with Gasteiger partial charge in [0.2, 0.25) is 11.8 Å². The number of esters is 1. The molecule has 3 aliphatic heterocycles. The number of amides is 2. The molecule has 0 radical (unpaired) electrons. The van der Waals surface area contributed by atoms with E-state index in [2.05, 4.69) is 0 Å². The van der Waals surface area contributed by atoms with Gasteiger partial charge in [0.15, 0.2) is 0 Å². The highest BCUT2D eigenvalue weighted by Crippen LogP contribution is 2.50. The van der Waals surface area contributed by atoms with E-state index in [0.717, 1.165) is 26.9 Å². The van der Waals surface area contributed by atoms with Crippen molar-refractivity contribution in [1.82, 2.24) is 0 Å². The van der Waals surface area contributed by atoms with Gasteiger partial charge in [0.25, 0.3) is 0 Å². The molecule has 7 heteroatoms. The molecule has 3 aliphatic rings. The van der Waals surface area contributed by atoms with Crippen molar-refractivity contribution in [2.45, 2.75) is 19.0 Å². The monoisotopic (exact) mass is 456 g/mol. The van der Waals surface area contributed by atoms with Crippen LogP contribution >= 0.6 is 0 Å². The summed E-state index contributed by atoms with van der Waals surface area (Å²) >= 11 is 0. The van der Waals surface area contributed by atoms with E-state index in [1.54, 1.807) is 6.92 Å². The molecule has 0 aliphatic carbocycles. The summed E-state index contributed by atoms with van der Waals surface area (Å²) in [7, 11) is 0. The van der Waals surface area contributed by atoms with Crippen LogP contribution in [-0.4, -0.2) is 36.5 Å². The first kappa shape index (κ1) is 20.6. The van der Waals surface area contributed by atoms with Gasteiger partial charge in [-0.15, -0.1) is 0 Å². The molecule has 3 aromatic carbocycles. The van der Waals surface area contributed by atoms with Gasteiger partial charge in [0.05, 0.1) is 30.2 Å². The molecule has 3 aromatic rings. The molecule has 2 fully saturated rings. The van der Waals surface area contributed by atoms with Crippen molar-refractivity contribution in [3.8, 4) is 0 Å². The third-order valence-electron chi connectivity index (χ3n) is 7.03. The molecule has 2 amide bonds. The summed E-state index contributed by atoms with van der Waals surface area (Å²) in [6.45, 7) is 1.88. The third kappa shape index (κ3) is 2.76. The Morgan fingerprint density at radius 3 is 2.47 bits per heavy atom. The van der Waals surface area contributed by atoms with Crippen LogP contribution in [0.25, 0.3) is 16.8 Å². The summed E-state index contributed by atoms with van der Waals surface area (Å²) < 4.78 is 18.8. The predicted octanol–water partition coefficient (Wildman–Crippen LogP) is 3.93. The Labute approximate surface area is 195 Å². The number of carbonyl (C=O) groups is 3. The Morgan fingerprint density at radius 2 is 1.71 bits per heavy atom. The topological polar surface area (TPSA) is 66.9 Å². The molecular weight excluding hydrogens is 435 g/mol. The van der Waals surface area contributed by atoms with Crippen LogP contribution in [0, 0.1) is 17.7 Å². The van der Waals surface area contributed by atoms with Crippen LogP contribution < -0.4 is 9.80 Å². The van der Waals surface area contributed by atoms with E-state index >= 15 is 0 Å². The molecule has 4 atom stereocenters. The van der Waals surface area contributed by atoms with Crippen LogP contribution in [-0.2, 0) is 19.1 Å². The number of anilines is 2. The molecule has 4 unspecified atom stereocenters. The number of imide groups is 1. The molecule has 0 aromatic heterocycles. The van der Waals surface area contributed by atoms with Gasteiger partial charge in [-0.2, -0.15) is 0 Å². The van der Waals surface area contributed by atoms with Gasteiger partial charge >= 0.3 is 5.97 Å². The highest BCUT2D eigenvalue weighted by Gasteiger charge is 2.65. The molecule has 0 spiro atoms. The first-order valence-corrected chi connectivity index (χ1v) is 11.3. The van der Waals surface area contributed by atoms with Crippen LogP contribution in [0.3, 0.4) is 0 Å². The lowest BCUT2D eigenvalue weighted by Gasteiger charge is -2.36. The lowest BCUT2D eigenvalue weighted by atomic mass is 9.88. The molecule has 6 rings (SSSR count).